The molecule has 0 aliphatic carbocycles. The number of alkyl carbamates (subject to hydrolysis) is 1. The summed E-state index contributed by atoms with van der Waals surface area (Å²) in [6, 6.07) is 11.4. The molecule has 0 bridgehead atoms. The first-order valence-electron chi connectivity index (χ1n) is 10.6. The fourth-order valence-corrected chi connectivity index (χ4v) is 2.79. The molecule has 2 rings (SSSR count). The summed E-state index contributed by atoms with van der Waals surface area (Å²) in [5.41, 5.74) is 1.04. The van der Waals surface area contributed by atoms with E-state index in [-0.39, 0.29) is 37.0 Å². The minimum absolute atomic E-state index is 0.163. The molecule has 2 aromatic carbocycles. The highest BCUT2D eigenvalue weighted by Gasteiger charge is 2.19. The number of amides is 2. The predicted octanol–water partition coefficient (Wildman–Crippen LogP) is 2.70. The number of carbonyl (C=O) groups excluding carboxylic acids is 4. The van der Waals surface area contributed by atoms with Crippen molar-refractivity contribution >= 4 is 29.6 Å². The number of rotatable bonds is 10. The van der Waals surface area contributed by atoms with Gasteiger partial charge in [-0.05, 0) is 57.2 Å². The maximum atomic E-state index is 12.7. The molecule has 0 aromatic heterocycles. The Labute approximate surface area is 197 Å². The van der Waals surface area contributed by atoms with Gasteiger partial charge in [-0.2, -0.15) is 0 Å². The second-order valence-corrected chi connectivity index (χ2v) is 6.98. The summed E-state index contributed by atoms with van der Waals surface area (Å²) >= 11 is 0. The van der Waals surface area contributed by atoms with Crippen LogP contribution in [0.2, 0.25) is 0 Å². The molecule has 34 heavy (non-hydrogen) atoms. The number of hydrogen-bond donors (Lipinski definition) is 3. The Hall–Kier alpha value is -4.21. The van der Waals surface area contributed by atoms with E-state index in [1.54, 1.807) is 45.0 Å². The summed E-state index contributed by atoms with van der Waals surface area (Å²) in [5, 5.41) is 12.8. The van der Waals surface area contributed by atoms with Crippen LogP contribution in [0, 0.1) is 5.41 Å². The van der Waals surface area contributed by atoms with Gasteiger partial charge < -0.3 is 19.5 Å². The van der Waals surface area contributed by atoms with E-state index in [4.69, 9.17) is 19.6 Å². The molecule has 10 heteroatoms. The highest BCUT2D eigenvalue weighted by molar-refractivity contribution is 6.06. The van der Waals surface area contributed by atoms with Crippen molar-refractivity contribution in [3.8, 4) is 5.75 Å². The van der Waals surface area contributed by atoms with E-state index in [2.05, 4.69) is 10.6 Å². The van der Waals surface area contributed by atoms with E-state index < -0.39 is 24.0 Å². The summed E-state index contributed by atoms with van der Waals surface area (Å²) in [7, 11) is 0. The topological polar surface area (TPSA) is 144 Å². The second kappa shape index (κ2) is 12.7. The van der Waals surface area contributed by atoms with Gasteiger partial charge in [-0.1, -0.05) is 12.1 Å². The molecule has 2 aromatic rings. The molecular formula is C24H27N3O7. The van der Waals surface area contributed by atoms with Crippen LogP contribution in [0.1, 0.15) is 47.1 Å². The van der Waals surface area contributed by atoms with Gasteiger partial charge in [0.15, 0.2) is 12.4 Å². The Balaban J connectivity index is 1.92. The summed E-state index contributed by atoms with van der Waals surface area (Å²) < 4.78 is 14.8. The van der Waals surface area contributed by atoms with Gasteiger partial charge in [0, 0.05) is 16.7 Å². The molecular weight excluding hydrogens is 442 g/mol. The molecule has 180 valence electrons. The molecule has 3 N–H and O–H groups in total. The van der Waals surface area contributed by atoms with Gasteiger partial charge in [0.25, 0.3) is 5.91 Å². The molecule has 0 saturated heterocycles. The van der Waals surface area contributed by atoms with Crippen molar-refractivity contribution in [3.63, 3.8) is 0 Å². The molecule has 0 aliphatic heterocycles. The average molecular weight is 469 g/mol. The summed E-state index contributed by atoms with van der Waals surface area (Å²) in [4.78, 5) is 47.9. The minimum atomic E-state index is -0.803. The Bertz CT molecular complexity index is 1030. The molecule has 1 atom stereocenters. The van der Waals surface area contributed by atoms with Crippen LogP contribution in [0.4, 0.5) is 4.79 Å². The number of nitrogens with one attached hydrogen (secondary N) is 3. The smallest absolute Gasteiger partial charge is 0.412 e. The number of ether oxygens (including phenoxy) is 3. The number of esters is 1. The zero-order valence-corrected chi connectivity index (χ0v) is 19.2. The van der Waals surface area contributed by atoms with E-state index >= 15 is 0 Å². The molecule has 2 amide bonds. The monoisotopic (exact) mass is 469 g/mol. The van der Waals surface area contributed by atoms with Crippen molar-refractivity contribution in [2.45, 2.75) is 26.8 Å². The maximum Gasteiger partial charge on any atom is 0.412 e. The lowest BCUT2D eigenvalue weighted by Crippen LogP contribution is -2.38. The van der Waals surface area contributed by atoms with E-state index in [1.165, 1.54) is 24.3 Å². The largest absolute Gasteiger partial charge is 0.482 e. The Morgan fingerprint density at radius 2 is 1.41 bits per heavy atom. The third kappa shape index (κ3) is 7.73. The number of benzene rings is 2. The van der Waals surface area contributed by atoms with Crippen LogP contribution < -0.4 is 15.4 Å². The zero-order valence-electron chi connectivity index (χ0n) is 19.2. The second-order valence-electron chi connectivity index (χ2n) is 6.98. The van der Waals surface area contributed by atoms with Gasteiger partial charge in [0.2, 0.25) is 0 Å². The van der Waals surface area contributed by atoms with Crippen LogP contribution in [0.15, 0.2) is 48.5 Å². The van der Waals surface area contributed by atoms with Gasteiger partial charge in [-0.15, -0.1) is 0 Å². The standard InChI is InChI=1S/C24H27N3O7/c1-4-32-20(28)14-34-19-12-10-16(11-13-19)21(29)15(3)26-23(30)18-8-6-17(7-9-18)22(25)27-24(31)33-5-2/h6-13,15H,4-5,14H2,1-3H3,(H,26,30)(H2,25,27,31)/t15-/m0/s1. The average Bonchev–Trinajstić information content (AvgIpc) is 2.83. The number of ketones is 1. The third-order valence-corrected chi connectivity index (χ3v) is 4.48. The predicted molar refractivity (Wildman–Crippen MR) is 123 cm³/mol. The minimum Gasteiger partial charge on any atom is -0.482 e. The Morgan fingerprint density at radius 1 is 0.853 bits per heavy atom. The SMILES string of the molecule is CCOC(=O)COc1ccc(C(=O)[C@H](C)NC(=O)c2ccc(C(=N)NC(=O)OCC)cc2)cc1. The number of Topliss-reactive ketones (excluding diaryl/α,β-unsaturated/α-hetero) is 1. The lowest BCUT2D eigenvalue weighted by molar-refractivity contribution is -0.145. The van der Waals surface area contributed by atoms with E-state index in [0.29, 0.717) is 16.9 Å². The summed E-state index contributed by atoms with van der Waals surface area (Å²) in [5.74, 6) is -1.01. The highest BCUT2D eigenvalue weighted by Crippen LogP contribution is 2.14. The van der Waals surface area contributed by atoms with Crippen molar-refractivity contribution in [2.75, 3.05) is 19.8 Å². The highest BCUT2D eigenvalue weighted by atomic mass is 16.6. The van der Waals surface area contributed by atoms with E-state index in [9.17, 15) is 19.2 Å². The molecule has 0 fully saturated rings. The summed E-state index contributed by atoms with van der Waals surface area (Å²) in [6.07, 6.45) is -0.736. The van der Waals surface area contributed by atoms with Crippen molar-refractivity contribution in [1.82, 2.24) is 10.6 Å². The molecule has 0 saturated carbocycles. The van der Waals surface area contributed by atoms with Crippen LogP contribution in [0.3, 0.4) is 0 Å². The van der Waals surface area contributed by atoms with Crippen LogP contribution in [-0.2, 0) is 14.3 Å². The van der Waals surface area contributed by atoms with Crippen molar-refractivity contribution in [3.05, 3.63) is 65.2 Å². The first-order valence-corrected chi connectivity index (χ1v) is 10.6. The molecule has 0 heterocycles. The Morgan fingerprint density at radius 3 is 2.00 bits per heavy atom. The maximum absolute atomic E-state index is 12.7. The van der Waals surface area contributed by atoms with Gasteiger partial charge >= 0.3 is 12.1 Å². The molecule has 0 aliphatic rings. The summed E-state index contributed by atoms with van der Waals surface area (Å²) in [6.45, 7) is 5.14. The molecule has 0 unspecified atom stereocenters. The molecule has 10 nitrogen and oxygen atoms in total. The molecule has 0 radical (unpaired) electrons. The van der Waals surface area contributed by atoms with Gasteiger partial charge in [-0.25, -0.2) is 9.59 Å². The van der Waals surface area contributed by atoms with E-state index in [1.807, 2.05) is 0 Å². The first-order chi connectivity index (χ1) is 16.2. The molecule has 0 spiro atoms. The van der Waals surface area contributed by atoms with Crippen LogP contribution in [0.25, 0.3) is 0 Å². The third-order valence-electron chi connectivity index (χ3n) is 4.48. The number of hydrogen-bond acceptors (Lipinski definition) is 8. The van der Waals surface area contributed by atoms with E-state index in [0.717, 1.165) is 0 Å². The van der Waals surface area contributed by atoms with Crippen LogP contribution >= 0.6 is 0 Å². The van der Waals surface area contributed by atoms with Crippen molar-refractivity contribution < 1.29 is 33.4 Å². The lowest BCUT2D eigenvalue weighted by atomic mass is 10.0. The van der Waals surface area contributed by atoms with Gasteiger partial charge in [0.05, 0.1) is 19.3 Å². The fourth-order valence-electron chi connectivity index (χ4n) is 2.79. The quantitative estimate of drug-likeness (QED) is 0.210. The van der Waals surface area contributed by atoms with Crippen molar-refractivity contribution in [1.29, 1.82) is 5.41 Å². The fraction of sp³-hybridized carbons (Fsp3) is 0.292. The van der Waals surface area contributed by atoms with Gasteiger partial charge in [0.1, 0.15) is 11.6 Å². The van der Waals surface area contributed by atoms with Crippen LogP contribution in [0.5, 0.6) is 5.75 Å². The first kappa shape index (κ1) is 26.0. The van der Waals surface area contributed by atoms with Gasteiger partial charge in [-0.3, -0.25) is 20.3 Å². The number of carbonyl (C=O) groups is 4. The zero-order chi connectivity index (χ0) is 25.1. The lowest BCUT2D eigenvalue weighted by Gasteiger charge is -2.14. The Kier molecular flexibility index (Phi) is 9.75. The normalized spacial score (nSPS) is 11.0. The number of amidine groups is 1. The van der Waals surface area contributed by atoms with Crippen LogP contribution in [-0.4, -0.2) is 55.5 Å². The van der Waals surface area contributed by atoms with Crippen molar-refractivity contribution in [2.24, 2.45) is 0 Å².